The van der Waals surface area contributed by atoms with Gasteiger partial charge in [0.1, 0.15) is 18.0 Å². The number of fused-ring (bicyclic) bond motifs is 1. The number of benzene rings is 1. The van der Waals surface area contributed by atoms with Gasteiger partial charge >= 0.3 is 5.69 Å². The third kappa shape index (κ3) is 2.67. The summed E-state index contributed by atoms with van der Waals surface area (Å²) in [5.74, 6) is 0.853. The van der Waals surface area contributed by atoms with Crippen molar-refractivity contribution in [1.82, 2.24) is 9.13 Å². The lowest BCUT2D eigenvalue weighted by Gasteiger charge is -2.24. The van der Waals surface area contributed by atoms with E-state index >= 15 is 0 Å². The van der Waals surface area contributed by atoms with Gasteiger partial charge in [0.2, 0.25) is 0 Å². The van der Waals surface area contributed by atoms with Crippen LogP contribution in [-0.2, 0) is 14.1 Å². The van der Waals surface area contributed by atoms with E-state index in [2.05, 4.69) is 0 Å². The largest absolute Gasteiger partial charge is 0.489 e. The van der Waals surface area contributed by atoms with Crippen LogP contribution >= 0.6 is 0 Å². The molecule has 1 aliphatic heterocycles. The lowest BCUT2D eigenvalue weighted by Crippen LogP contribution is -2.40. The summed E-state index contributed by atoms with van der Waals surface area (Å²) >= 11 is 0. The van der Waals surface area contributed by atoms with Gasteiger partial charge in [-0.2, -0.15) is 0 Å². The molecule has 6 heteroatoms. The van der Waals surface area contributed by atoms with Crippen molar-refractivity contribution in [2.75, 3.05) is 25.1 Å². The van der Waals surface area contributed by atoms with Crippen LogP contribution in [0.1, 0.15) is 5.56 Å². The van der Waals surface area contributed by atoms with Crippen LogP contribution in [0.3, 0.4) is 0 Å². The molecule has 23 heavy (non-hydrogen) atoms. The Morgan fingerprint density at radius 3 is 2.74 bits per heavy atom. The lowest BCUT2D eigenvalue weighted by molar-refractivity contribution is 0.357. The molecule has 1 aromatic heterocycles. The summed E-state index contributed by atoms with van der Waals surface area (Å²) in [5, 5.41) is 0. The Morgan fingerprint density at radius 1 is 1.22 bits per heavy atom. The van der Waals surface area contributed by atoms with E-state index in [0.717, 1.165) is 21.5 Å². The molecule has 0 N–H and O–H groups in total. The van der Waals surface area contributed by atoms with Gasteiger partial charge in [0.05, 0.1) is 0 Å². The first-order valence-corrected chi connectivity index (χ1v) is 7.38. The molecule has 0 aliphatic carbocycles. The van der Waals surface area contributed by atoms with Crippen molar-refractivity contribution in [2.24, 2.45) is 14.1 Å². The maximum atomic E-state index is 12.3. The van der Waals surface area contributed by atoms with E-state index in [-0.39, 0.29) is 11.2 Å². The second-order valence-corrected chi connectivity index (χ2v) is 5.66. The van der Waals surface area contributed by atoms with Gasteiger partial charge in [0.25, 0.3) is 5.56 Å². The minimum atomic E-state index is -0.331. The van der Waals surface area contributed by atoms with Crippen LogP contribution in [0.15, 0.2) is 46.1 Å². The Morgan fingerprint density at radius 2 is 1.96 bits per heavy atom. The van der Waals surface area contributed by atoms with Gasteiger partial charge in [0, 0.05) is 39.4 Å². The summed E-state index contributed by atoms with van der Waals surface area (Å²) in [5.41, 5.74) is 2.00. The second-order valence-electron chi connectivity index (χ2n) is 5.66. The fourth-order valence-corrected chi connectivity index (χ4v) is 2.74. The van der Waals surface area contributed by atoms with Crippen molar-refractivity contribution in [3.8, 4) is 5.75 Å². The molecule has 0 radical (unpaired) electrons. The molecule has 0 fully saturated rings. The second kappa shape index (κ2) is 5.79. The highest BCUT2D eigenvalue weighted by Crippen LogP contribution is 2.30. The van der Waals surface area contributed by atoms with Crippen LogP contribution in [0.25, 0.3) is 5.57 Å². The average molecular weight is 313 g/mol. The Balaban J connectivity index is 1.95. The lowest BCUT2D eigenvalue weighted by atomic mass is 10.0. The van der Waals surface area contributed by atoms with Gasteiger partial charge in [-0.25, -0.2) is 4.79 Å². The van der Waals surface area contributed by atoms with Gasteiger partial charge < -0.3 is 14.2 Å². The van der Waals surface area contributed by atoms with Crippen LogP contribution in [0.4, 0.5) is 5.69 Å². The zero-order valence-electron chi connectivity index (χ0n) is 13.4. The predicted molar refractivity (Wildman–Crippen MR) is 90.1 cm³/mol. The molecular formula is C17H19N3O3. The fraction of sp³-hybridized carbons (Fsp3) is 0.294. The zero-order valence-corrected chi connectivity index (χ0v) is 13.4. The molecule has 120 valence electrons. The number of nitrogens with zero attached hydrogens (tertiary/aromatic N) is 3. The van der Waals surface area contributed by atoms with Gasteiger partial charge in [-0.3, -0.25) is 9.36 Å². The van der Waals surface area contributed by atoms with Crippen LogP contribution in [0.2, 0.25) is 0 Å². The maximum absolute atomic E-state index is 12.3. The molecular weight excluding hydrogens is 294 g/mol. The quantitative estimate of drug-likeness (QED) is 0.848. The first-order chi connectivity index (χ1) is 11.0. The van der Waals surface area contributed by atoms with Crippen molar-refractivity contribution >= 4 is 11.3 Å². The predicted octanol–water partition coefficient (Wildman–Crippen LogP) is 0.996. The Bertz CT molecular complexity index is 893. The third-order valence-corrected chi connectivity index (χ3v) is 4.05. The molecule has 0 unspecified atom stereocenters. The summed E-state index contributed by atoms with van der Waals surface area (Å²) in [6.45, 7) is 1.08. The monoisotopic (exact) mass is 313 g/mol. The van der Waals surface area contributed by atoms with Gasteiger partial charge in [0.15, 0.2) is 0 Å². The molecule has 6 nitrogen and oxygen atoms in total. The number of aromatic nitrogens is 2. The van der Waals surface area contributed by atoms with E-state index in [0.29, 0.717) is 18.8 Å². The molecule has 0 saturated heterocycles. The molecule has 2 heterocycles. The number of anilines is 1. The molecule has 1 aliphatic rings. The Labute approximate surface area is 133 Å². The topological polar surface area (TPSA) is 56.5 Å². The number of ether oxygens (including phenoxy) is 1. The first-order valence-electron chi connectivity index (χ1n) is 7.38. The fourth-order valence-electron chi connectivity index (χ4n) is 2.74. The van der Waals surface area contributed by atoms with E-state index in [1.165, 1.54) is 11.6 Å². The van der Waals surface area contributed by atoms with Crippen LogP contribution in [0, 0.1) is 0 Å². The van der Waals surface area contributed by atoms with E-state index in [4.69, 9.17) is 4.74 Å². The van der Waals surface area contributed by atoms with E-state index in [1.54, 1.807) is 13.2 Å². The van der Waals surface area contributed by atoms with Crippen molar-refractivity contribution in [3.63, 3.8) is 0 Å². The van der Waals surface area contributed by atoms with Crippen molar-refractivity contribution in [3.05, 3.63) is 62.9 Å². The molecule has 0 bridgehead atoms. The summed E-state index contributed by atoms with van der Waals surface area (Å²) in [7, 11) is 4.98. The highest BCUT2D eigenvalue weighted by molar-refractivity contribution is 5.75. The normalized spacial score (nSPS) is 13.1. The number of hydrogen-bond donors (Lipinski definition) is 0. The number of rotatable bonds is 3. The third-order valence-electron chi connectivity index (χ3n) is 4.05. The van der Waals surface area contributed by atoms with Crippen LogP contribution < -0.4 is 20.9 Å². The van der Waals surface area contributed by atoms with E-state index in [1.807, 2.05) is 42.3 Å². The molecule has 0 spiro atoms. The van der Waals surface area contributed by atoms with Gasteiger partial charge in [-0.05, 0) is 17.7 Å². The number of aryl methyl sites for hydroxylation is 1. The van der Waals surface area contributed by atoms with E-state index < -0.39 is 0 Å². The highest BCUT2D eigenvalue weighted by Gasteiger charge is 2.17. The maximum Gasteiger partial charge on any atom is 0.330 e. The number of hydrogen-bond acceptors (Lipinski definition) is 4. The van der Waals surface area contributed by atoms with Gasteiger partial charge in [-0.15, -0.1) is 0 Å². The number of para-hydroxylation sites is 1. The first kappa shape index (κ1) is 15.1. The van der Waals surface area contributed by atoms with Crippen molar-refractivity contribution < 1.29 is 4.74 Å². The van der Waals surface area contributed by atoms with Crippen LogP contribution in [-0.4, -0.2) is 29.3 Å². The van der Waals surface area contributed by atoms with Crippen molar-refractivity contribution in [2.45, 2.75) is 0 Å². The molecule has 1 aromatic carbocycles. The Hall–Kier alpha value is -2.76. The smallest absolute Gasteiger partial charge is 0.330 e. The summed E-state index contributed by atoms with van der Waals surface area (Å²) < 4.78 is 8.15. The SMILES string of the molecule is CN(CC1=CCOc2ccccc21)c1cn(C)c(=O)n(C)c1=O. The van der Waals surface area contributed by atoms with E-state index in [9.17, 15) is 9.59 Å². The minimum Gasteiger partial charge on any atom is -0.489 e. The molecule has 0 atom stereocenters. The minimum absolute atomic E-state index is 0.295. The highest BCUT2D eigenvalue weighted by atomic mass is 16.5. The van der Waals surface area contributed by atoms with Crippen LogP contribution in [0.5, 0.6) is 5.75 Å². The van der Waals surface area contributed by atoms with Crippen molar-refractivity contribution in [1.29, 1.82) is 0 Å². The summed E-state index contributed by atoms with van der Waals surface area (Å²) in [6, 6.07) is 7.85. The summed E-state index contributed by atoms with van der Waals surface area (Å²) in [6.07, 6.45) is 3.60. The zero-order chi connectivity index (χ0) is 16.6. The molecule has 0 amide bonds. The van der Waals surface area contributed by atoms with Gasteiger partial charge in [-0.1, -0.05) is 18.2 Å². The molecule has 3 rings (SSSR count). The Kier molecular flexibility index (Phi) is 3.82. The molecule has 2 aromatic rings. The number of likely N-dealkylation sites (N-methyl/N-ethyl adjacent to an activating group) is 1. The standard InChI is InChI=1S/C17H19N3O3/c1-18(14-11-19(2)17(22)20(3)16(14)21)10-12-8-9-23-15-7-5-4-6-13(12)15/h4-8,11H,9-10H2,1-3H3. The summed E-state index contributed by atoms with van der Waals surface area (Å²) in [4.78, 5) is 26.0. The molecule has 0 saturated carbocycles. The average Bonchev–Trinajstić information content (AvgIpc) is 2.56.